The average molecular weight is 349 g/mol. The second-order valence-electron chi connectivity index (χ2n) is 6.88. The molecule has 0 spiro atoms. The SMILES string of the molecule is COCCNc1ccc(C(=O)NC2CCC(C)CC2C)cc1[N+](=O)[O-]. The maximum atomic E-state index is 12.5. The minimum Gasteiger partial charge on any atom is -0.383 e. The lowest BCUT2D eigenvalue weighted by molar-refractivity contribution is -0.384. The van der Waals surface area contributed by atoms with E-state index in [1.807, 2.05) is 0 Å². The number of nitro benzene ring substituents is 1. The standard InChI is InChI=1S/C18H27N3O4/c1-12-4-6-15(13(2)10-12)20-18(22)14-5-7-16(19-8-9-25-3)17(11-14)21(23)24/h5,7,11-13,15,19H,4,6,8-10H2,1-3H3,(H,20,22). The Hall–Kier alpha value is -2.15. The summed E-state index contributed by atoms with van der Waals surface area (Å²) in [6.45, 7) is 5.27. The molecule has 0 heterocycles. The summed E-state index contributed by atoms with van der Waals surface area (Å²) in [5.41, 5.74) is 0.599. The summed E-state index contributed by atoms with van der Waals surface area (Å²) in [5.74, 6) is 0.845. The van der Waals surface area contributed by atoms with E-state index < -0.39 is 4.92 Å². The minimum atomic E-state index is -0.475. The molecular formula is C18H27N3O4. The number of nitrogens with one attached hydrogen (secondary N) is 2. The molecule has 1 aliphatic rings. The lowest BCUT2D eigenvalue weighted by Crippen LogP contribution is -2.42. The average Bonchev–Trinajstić information content (AvgIpc) is 2.57. The fourth-order valence-corrected chi connectivity index (χ4v) is 3.39. The molecule has 0 aromatic heterocycles. The Morgan fingerprint density at radius 2 is 2.12 bits per heavy atom. The van der Waals surface area contributed by atoms with Gasteiger partial charge in [-0.05, 0) is 43.2 Å². The lowest BCUT2D eigenvalue weighted by Gasteiger charge is -2.33. The molecule has 7 heteroatoms. The van der Waals surface area contributed by atoms with Gasteiger partial charge in [0.1, 0.15) is 5.69 Å². The van der Waals surface area contributed by atoms with Crippen molar-refractivity contribution in [2.75, 3.05) is 25.6 Å². The number of carbonyl (C=O) groups excluding carboxylic acids is 1. The van der Waals surface area contributed by atoms with Crippen molar-refractivity contribution in [2.45, 2.75) is 39.2 Å². The number of amides is 1. The molecule has 1 amide bonds. The molecule has 2 rings (SSSR count). The normalized spacial score (nSPS) is 23.1. The fourth-order valence-electron chi connectivity index (χ4n) is 3.39. The minimum absolute atomic E-state index is 0.103. The molecule has 0 radical (unpaired) electrons. The van der Waals surface area contributed by atoms with E-state index in [2.05, 4.69) is 24.5 Å². The first-order valence-corrected chi connectivity index (χ1v) is 8.74. The van der Waals surface area contributed by atoms with Gasteiger partial charge in [0.2, 0.25) is 0 Å². The van der Waals surface area contributed by atoms with Crippen molar-refractivity contribution in [1.29, 1.82) is 0 Å². The summed E-state index contributed by atoms with van der Waals surface area (Å²) in [4.78, 5) is 23.3. The fraction of sp³-hybridized carbons (Fsp3) is 0.611. The van der Waals surface area contributed by atoms with Crippen LogP contribution in [0.1, 0.15) is 43.5 Å². The van der Waals surface area contributed by atoms with Crippen LogP contribution >= 0.6 is 0 Å². The number of hydrogen-bond acceptors (Lipinski definition) is 5. The van der Waals surface area contributed by atoms with E-state index in [1.165, 1.54) is 6.07 Å². The van der Waals surface area contributed by atoms with Crippen LogP contribution in [0.4, 0.5) is 11.4 Å². The van der Waals surface area contributed by atoms with E-state index in [0.717, 1.165) is 19.3 Å². The number of carbonyl (C=O) groups is 1. The smallest absolute Gasteiger partial charge is 0.293 e. The van der Waals surface area contributed by atoms with Crippen LogP contribution in [0.15, 0.2) is 18.2 Å². The molecule has 0 bridgehead atoms. The lowest BCUT2D eigenvalue weighted by atomic mass is 9.80. The van der Waals surface area contributed by atoms with Gasteiger partial charge >= 0.3 is 0 Å². The number of hydrogen-bond donors (Lipinski definition) is 2. The van der Waals surface area contributed by atoms with Crippen molar-refractivity contribution >= 4 is 17.3 Å². The van der Waals surface area contributed by atoms with Crippen LogP contribution in [0, 0.1) is 22.0 Å². The summed E-state index contributed by atoms with van der Waals surface area (Å²) in [7, 11) is 1.57. The third-order valence-corrected chi connectivity index (χ3v) is 4.83. The van der Waals surface area contributed by atoms with E-state index >= 15 is 0 Å². The summed E-state index contributed by atoms with van der Waals surface area (Å²) >= 11 is 0. The number of ether oxygens (including phenoxy) is 1. The third-order valence-electron chi connectivity index (χ3n) is 4.83. The molecule has 138 valence electrons. The van der Waals surface area contributed by atoms with Gasteiger partial charge < -0.3 is 15.4 Å². The number of rotatable bonds is 7. The summed E-state index contributed by atoms with van der Waals surface area (Å²) < 4.78 is 4.93. The van der Waals surface area contributed by atoms with Crippen LogP contribution in [-0.2, 0) is 4.74 Å². The molecule has 2 N–H and O–H groups in total. The molecule has 1 aliphatic carbocycles. The topological polar surface area (TPSA) is 93.5 Å². The first-order chi connectivity index (χ1) is 11.9. The summed E-state index contributed by atoms with van der Waals surface area (Å²) in [6, 6.07) is 4.66. The Labute approximate surface area is 148 Å². The van der Waals surface area contributed by atoms with Gasteiger partial charge in [-0.25, -0.2) is 0 Å². The van der Waals surface area contributed by atoms with Crippen LogP contribution in [0.25, 0.3) is 0 Å². The Bertz CT molecular complexity index is 620. The van der Waals surface area contributed by atoms with Crippen molar-refractivity contribution in [2.24, 2.45) is 11.8 Å². The maximum Gasteiger partial charge on any atom is 0.293 e. The van der Waals surface area contributed by atoms with Crippen molar-refractivity contribution in [3.05, 3.63) is 33.9 Å². The van der Waals surface area contributed by atoms with Crippen LogP contribution in [-0.4, -0.2) is 37.1 Å². The van der Waals surface area contributed by atoms with Crippen molar-refractivity contribution in [1.82, 2.24) is 5.32 Å². The highest BCUT2D eigenvalue weighted by Gasteiger charge is 2.27. The Morgan fingerprint density at radius 1 is 1.36 bits per heavy atom. The van der Waals surface area contributed by atoms with E-state index in [4.69, 9.17) is 4.74 Å². The second kappa shape index (κ2) is 8.80. The molecule has 7 nitrogen and oxygen atoms in total. The molecule has 25 heavy (non-hydrogen) atoms. The van der Waals surface area contributed by atoms with Gasteiger partial charge in [-0.2, -0.15) is 0 Å². The van der Waals surface area contributed by atoms with E-state index in [9.17, 15) is 14.9 Å². The van der Waals surface area contributed by atoms with Gasteiger partial charge in [-0.3, -0.25) is 14.9 Å². The summed E-state index contributed by atoms with van der Waals surface area (Å²) in [5, 5.41) is 17.3. The zero-order valence-electron chi connectivity index (χ0n) is 15.1. The quantitative estimate of drug-likeness (QED) is 0.448. The zero-order chi connectivity index (χ0) is 18.4. The predicted octanol–water partition coefficient (Wildman–Crippen LogP) is 3.21. The van der Waals surface area contributed by atoms with Gasteiger partial charge in [-0.1, -0.05) is 13.8 Å². The highest BCUT2D eigenvalue weighted by Crippen LogP contribution is 2.29. The highest BCUT2D eigenvalue weighted by molar-refractivity contribution is 5.96. The van der Waals surface area contributed by atoms with Crippen LogP contribution in [0.5, 0.6) is 0 Å². The third kappa shape index (κ3) is 5.16. The molecule has 0 saturated heterocycles. The molecule has 0 aliphatic heterocycles. The van der Waals surface area contributed by atoms with Crippen molar-refractivity contribution in [3.63, 3.8) is 0 Å². The van der Waals surface area contributed by atoms with Gasteiger partial charge in [-0.15, -0.1) is 0 Å². The van der Waals surface area contributed by atoms with Gasteiger partial charge in [0, 0.05) is 31.3 Å². The first kappa shape index (κ1) is 19.2. The molecule has 1 fully saturated rings. The second-order valence-corrected chi connectivity index (χ2v) is 6.88. The van der Waals surface area contributed by atoms with Crippen molar-refractivity contribution in [3.8, 4) is 0 Å². The predicted molar refractivity (Wildman–Crippen MR) is 96.9 cm³/mol. The molecule has 1 saturated carbocycles. The molecule has 1 aromatic rings. The summed E-state index contributed by atoms with van der Waals surface area (Å²) in [6.07, 6.45) is 3.14. The van der Waals surface area contributed by atoms with E-state index in [1.54, 1.807) is 19.2 Å². The Morgan fingerprint density at radius 3 is 2.76 bits per heavy atom. The van der Waals surface area contributed by atoms with E-state index in [-0.39, 0.29) is 17.6 Å². The largest absolute Gasteiger partial charge is 0.383 e. The maximum absolute atomic E-state index is 12.5. The number of anilines is 1. The highest BCUT2D eigenvalue weighted by atomic mass is 16.6. The zero-order valence-corrected chi connectivity index (χ0v) is 15.1. The van der Waals surface area contributed by atoms with E-state index in [0.29, 0.717) is 36.2 Å². The molecular weight excluding hydrogens is 322 g/mol. The monoisotopic (exact) mass is 349 g/mol. The molecule has 1 aromatic carbocycles. The number of nitrogens with zero attached hydrogens (tertiary/aromatic N) is 1. The van der Waals surface area contributed by atoms with Crippen LogP contribution in [0.2, 0.25) is 0 Å². The number of methoxy groups -OCH3 is 1. The molecule has 3 unspecified atom stereocenters. The Kier molecular flexibility index (Phi) is 6.75. The first-order valence-electron chi connectivity index (χ1n) is 8.74. The molecule has 3 atom stereocenters. The van der Waals surface area contributed by atoms with Crippen LogP contribution < -0.4 is 10.6 Å². The number of benzene rings is 1. The van der Waals surface area contributed by atoms with Gasteiger partial charge in [0.15, 0.2) is 0 Å². The Balaban J connectivity index is 2.09. The van der Waals surface area contributed by atoms with Crippen molar-refractivity contribution < 1.29 is 14.5 Å². The van der Waals surface area contributed by atoms with Gasteiger partial charge in [0.05, 0.1) is 11.5 Å². The van der Waals surface area contributed by atoms with Crippen LogP contribution in [0.3, 0.4) is 0 Å². The number of nitro groups is 1. The van der Waals surface area contributed by atoms with Gasteiger partial charge in [0.25, 0.3) is 11.6 Å².